The van der Waals surface area contributed by atoms with Gasteiger partial charge in [0.1, 0.15) is 6.04 Å². The number of hydrogen-bond donors (Lipinski definition) is 5. The monoisotopic (exact) mass is 503 g/mol. The molecule has 0 heterocycles. The number of guanidine groups is 1. The number of nitro benzene ring substituents is 1. The van der Waals surface area contributed by atoms with Crippen molar-refractivity contribution < 1.29 is 19.3 Å². The van der Waals surface area contributed by atoms with Crippen molar-refractivity contribution >= 4 is 29.2 Å². The molecule has 0 radical (unpaired) electrons. The summed E-state index contributed by atoms with van der Waals surface area (Å²) in [5.41, 5.74) is 17.3. The summed E-state index contributed by atoms with van der Waals surface area (Å²) in [5, 5.41) is 16.2. The second kappa shape index (κ2) is 14.1. The molecule has 12 nitrogen and oxygen atoms in total. The number of Topliss-reactive ketones (excluding diaryl/α,β-unsaturated/α-hetero) is 1. The smallest absolute Gasteiger partial charge is 0.269 e. The normalized spacial score (nSPS) is 16.3. The van der Waals surface area contributed by atoms with Crippen LogP contribution in [0.5, 0.6) is 0 Å². The van der Waals surface area contributed by atoms with Crippen LogP contribution in [0.3, 0.4) is 0 Å². The second-order valence-corrected chi connectivity index (χ2v) is 9.23. The largest absolute Gasteiger partial charge is 0.370 e. The van der Waals surface area contributed by atoms with Crippen molar-refractivity contribution in [3.05, 3.63) is 39.9 Å². The molecule has 3 atom stereocenters. The van der Waals surface area contributed by atoms with E-state index in [2.05, 4.69) is 15.6 Å². The minimum absolute atomic E-state index is 0.0292. The third kappa shape index (κ3) is 9.25. The fourth-order valence-corrected chi connectivity index (χ4v) is 4.26. The molecule has 8 N–H and O–H groups in total. The van der Waals surface area contributed by atoms with E-state index >= 15 is 0 Å². The molecule has 1 saturated carbocycles. The number of aliphatic imine (C=N–C) groups is 1. The first kappa shape index (κ1) is 28.7. The summed E-state index contributed by atoms with van der Waals surface area (Å²) in [4.78, 5) is 52.7. The van der Waals surface area contributed by atoms with Gasteiger partial charge in [0.2, 0.25) is 11.8 Å². The number of carbonyl (C=O) groups is 3. The molecule has 1 unspecified atom stereocenters. The molecule has 0 spiro atoms. The Morgan fingerprint density at radius 2 is 1.72 bits per heavy atom. The number of non-ortho nitro benzene ring substituents is 1. The molecule has 1 fully saturated rings. The molecule has 1 aromatic carbocycles. The summed E-state index contributed by atoms with van der Waals surface area (Å²) in [6.07, 6.45) is 5.69. The Kier molecular flexibility index (Phi) is 11.3. The lowest BCUT2D eigenvalue weighted by atomic mass is 9.84. The zero-order valence-electron chi connectivity index (χ0n) is 20.7. The number of nitrogens with two attached hydrogens (primary N) is 3. The van der Waals surface area contributed by atoms with Crippen LogP contribution in [0.1, 0.15) is 57.4 Å². The van der Waals surface area contributed by atoms with E-state index in [4.69, 9.17) is 17.2 Å². The van der Waals surface area contributed by atoms with Gasteiger partial charge in [-0.05, 0) is 44.1 Å². The third-order valence-corrected chi connectivity index (χ3v) is 6.39. The highest BCUT2D eigenvalue weighted by atomic mass is 16.6. The highest BCUT2D eigenvalue weighted by Gasteiger charge is 2.29. The van der Waals surface area contributed by atoms with Crippen LogP contribution in [0.25, 0.3) is 0 Å². The van der Waals surface area contributed by atoms with Gasteiger partial charge in [0.05, 0.1) is 17.0 Å². The van der Waals surface area contributed by atoms with Crippen molar-refractivity contribution in [2.45, 2.75) is 76.4 Å². The number of ketones is 1. The molecule has 2 amide bonds. The van der Waals surface area contributed by atoms with Crippen molar-refractivity contribution in [1.29, 1.82) is 0 Å². The quantitative estimate of drug-likeness (QED) is 0.0846. The van der Waals surface area contributed by atoms with Gasteiger partial charge >= 0.3 is 0 Å². The number of benzene rings is 1. The molecule has 1 aromatic rings. The number of carbonyl (C=O) groups excluding carboxylic acids is 3. The third-order valence-electron chi connectivity index (χ3n) is 6.39. The van der Waals surface area contributed by atoms with Gasteiger partial charge in [-0.25, -0.2) is 0 Å². The van der Waals surface area contributed by atoms with Crippen LogP contribution in [0.2, 0.25) is 0 Å². The summed E-state index contributed by atoms with van der Waals surface area (Å²) >= 11 is 0. The highest BCUT2D eigenvalue weighted by molar-refractivity contribution is 5.94. The Morgan fingerprint density at radius 3 is 2.31 bits per heavy atom. The first-order chi connectivity index (χ1) is 17.1. The van der Waals surface area contributed by atoms with Crippen molar-refractivity contribution in [1.82, 2.24) is 10.6 Å². The van der Waals surface area contributed by atoms with Crippen LogP contribution in [0.15, 0.2) is 29.3 Å². The van der Waals surface area contributed by atoms with E-state index in [0.29, 0.717) is 12.0 Å². The lowest BCUT2D eigenvalue weighted by molar-refractivity contribution is -0.384. The van der Waals surface area contributed by atoms with Gasteiger partial charge in [-0.3, -0.25) is 29.5 Å². The Balaban J connectivity index is 2.00. The van der Waals surface area contributed by atoms with Crippen LogP contribution in [-0.4, -0.2) is 53.2 Å². The first-order valence-electron chi connectivity index (χ1n) is 12.3. The summed E-state index contributed by atoms with van der Waals surface area (Å²) in [6.45, 7) is 1.82. The molecular formula is C24H37N7O5. The fourth-order valence-electron chi connectivity index (χ4n) is 4.26. The first-order valence-corrected chi connectivity index (χ1v) is 12.3. The van der Waals surface area contributed by atoms with Crippen molar-refractivity contribution in [2.75, 3.05) is 6.54 Å². The molecule has 0 bridgehead atoms. The Bertz CT molecular complexity index is 941. The number of rotatable bonds is 13. The summed E-state index contributed by atoms with van der Waals surface area (Å²) < 4.78 is 0. The van der Waals surface area contributed by atoms with E-state index in [9.17, 15) is 24.5 Å². The minimum Gasteiger partial charge on any atom is -0.370 e. The molecule has 36 heavy (non-hydrogen) atoms. The van der Waals surface area contributed by atoms with E-state index in [1.807, 2.05) is 0 Å². The Morgan fingerprint density at radius 1 is 1.08 bits per heavy atom. The van der Waals surface area contributed by atoms with Gasteiger partial charge in [-0.15, -0.1) is 0 Å². The molecule has 0 saturated heterocycles. The van der Waals surface area contributed by atoms with Crippen molar-refractivity contribution in [3.63, 3.8) is 0 Å². The van der Waals surface area contributed by atoms with Crippen LogP contribution >= 0.6 is 0 Å². The predicted octanol–water partition coefficient (Wildman–Crippen LogP) is 0.657. The SMILES string of the molecule is C[C@H](NC(=O)C(N)C1CCCCC1)C(=O)N[C@@H](CCCN=C(N)N)C(=O)Cc1ccc([N+](=O)[O-])cc1. The van der Waals surface area contributed by atoms with Gasteiger partial charge < -0.3 is 27.8 Å². The maximum atomic E-state index is 13.0. The van der Waals surface area contributed by atoms with Crippen LogP contribution in [0, 0.1) is 16.0 Å². The van der Waals surface area contributed by atoms with Gasteiger partial charge in [0.15, 0.2) is 11.7 Å². The number of nitro groups is 1. The highest BCUT2D eigenvalue weighted by Crippen LogP contribution is 2.25. The number of amides is 2. The van der Waals surface area contributed by atoms with E-state index in [0.717, 1.165) is 32.1 Å². The number of hydrogen-bond acceptors (Lipinski definition) is 7. The van der Waals surface area contributed by atoms with Crippen LogP contribution in [0.4, 0.5) is 5.69 Å². The van der Waals surface area contributed by atoms with E-state index < -0.39 is 29.0 Å². The fraction of sp³-hybridized carbons (Fsp3) is 0.583. The van der Waals surface area contributed by atoms with Gasteiger partial charge in [-0.1, -0.05) is 31.4 Å². The maximum absolute atomic E-state index is 13.0. The Labute approximate surface area is 210 Å². The summed E-state index contributed by atoms with van der Waals surface area (Å²) in [5.74, 6) is -1.15. The summed E-state index contributed by atoms with van der Waals surface area (Å²) in [6, 6.07) is 3.23. The van der Waals surface area contributed by atoms with Crippen LogP contribution < -0.4 is 27.8 Å². The molecule has 1 aliphatic rings. The van der Waals surface area contributed by atoms with E-state index in [-0.39, 0.29) is 48.6 Å². The number of nitrogens with zero attached hydrogens (tertiary/aromatic N) is 2. The van der Waals surface area contributed by atoms with E-state index in [1.54, 1.807) is 0 Å². The molecule has 198 valence electrons. The second-order valence-electron chi connectivity index (χ2n) is 9.23. The van der Waals surface area contributed by atoms with Crippen LogP contribution in [-0.2, 0) is 20.8 Å². The van der Waals surface area contributed by atoms with Gasteiger partial charge in [0, 0.05) is 25.1 Å². The van der Waals surface area contributed by atoms with Crippen molar-refractivity contribution in [3.8, 4) is 0 Å². The van der Waals surface area contributed by atoms with Gasteiger partial charge in [-0.2, -0.15) is 0 Å². The van der Waals surface area contributed by atoms with Gasteiger partial charge in [0.25, 0.3) is 5.69 Å². The predicted molar refractivity (Wildman–Crippen MR) is 136 cm³/mol. The standard InChI is InChI=1S/C24H37N7O5/c1-15(29-23(34)21(25)17-6-3-2-4-7-17)22(33)30-19(8-5-13-28-24(26)27)20(32)14-16-9-11-18(12-10-16)31(35)36/h9-12,15,17,19,21H,2-8,13-14,25H2,1H3,(H,29,34)(H,30,33)(H4,26,27,28)/t15-,19-,21?/m0/s1. The zero-order chi connectivity index (χ0) is 26.7. The molecule has 0 aromatic heterocycles. The summed E-state index contributed by atoms with van der Waals surface area (Å²) in [7, 11) is 0. The lowest BCUT2D eigenvalue weighted by Crippen LogP contribution is -2.54. The van der Waals surface area contributed by atoms with Crippen molar-refractivity contribution in [2.24, 2.45) is 28.1 Å². The lowest BCUT2D eigenvalue weighted by Gasteiger charge is -2.28. The zero-order valence-corrected chi connectivity index (χ0v) is 20.7. The molecule has 2 rings (SSSR count). The average Bonchev–Trinajstić information content (AvgIpc) is 2.85. The molecule has 0 aliphatic heterocycles. The minimum atomic E-state index is -0.889. The topological polar surface area (TPSA) is 209 Å². The Hall–Kier alpha value is -3.54. The maximum Gasteiger partial charge on any atom is 0.269 e. The molecular weight excluding hydrogens is 466 g/mol. The average molecular weight is 504 g/mol. The molecule has 1 aliphatic carbocycles. The molecule has 12 heteroatoms. The van der Waals surface area contributed by atoms with E-state index in [1.165, 1.54) is 31.2 Å². The number of nitrogens with one attached hydrogen (secondary N) is 2.